The Morgan fingerprint density at radius 2 is 1.06 bits per heavy atom. The highest BCUT2D eigenvalue weighted by molar-refractivity contribution is 7.69. The van der Waals surface area contributed by atoms with Crippen LogP contribution >= 0.6 is 31.3 Å². The number of aliphatic hydroxyl groups is 4. The van der Waals surface area contributed by atoms with Crippen molar-refractivity contribution in [2.75, 3.05) is 13.2 Å². The molecule has 0 radical (unpaired) electrons. The van der Waals surface area contributed by atoms with Gasteiger partial charge in [-0.1, -0.05) is 0 Å². The first-order valence-corrected chi connectivity index (χ1v) is 20.2. The summed E-state index contributed by atoms with van der Waals surface area (Å²) in [5.74, 6) is 0. The van der Waals surface area contributed by atoms with E-state index in [1.165, 1.54) is 0 Å². The molecule has 2 saturated heterocycles. The zero-order valence-corrected chi connectivity index (χ0v) is 29.3. The van der Waals surface area contributed by atoms with Gasteiger partial charge in [0.25, 0.3) is 11.1 Å². The number of aliphatic hydroxyl groups excluding tert-OH is 4. The molecule has 4 aromatic heterocycles. The molecular formula is C20H26N8O21P4. The van der Waals surface area contributed by atoms with E-state index < -0.39 is 105 Å². The van der Waals surface area contributed by atoms with Crippen molar-refractivity contribution in [1.29, 1.82) is 0 Å². The van der Waals surface area contributed by atoms with Gasteiger partial charge < -0.3 is 59.4 Å². The second kappa shape index (κ2) is 14.6. The van der Waals surface area contributed by atoms with Gasteiger partial charge in [0.2, 0.25) is 0 Å². The summed E-state index contributed by atoms with van der Waals surface area (Å²) < 4.78 is 84.2. The zero-order chi connectivity index (χ0) is 38.7. The predicted octanol–water partition coefficient (Wildman–Crippen LogP) is -3.02. The lowest BCUT2D eigenvalue weighted by atomic mass is 10.1. The maximum Gasteiger partial charge on any atom is 0.490 e. The average molecular weight is 838 g/mol. The number of hydrogen-bond donors (Lipinski definition) is 10. The minimum Gasteiger partial charge on any atom is -0.387 e. The van der Waals surface area contributed by atoms with Gasteiger partial charge in [-0.05, 0) is 0 Å². The van der Waals surface area contributed by atoms with Crippen LogP contribution in [0.2, 0.25) is 0 Å². The van der Waals surface area contributed by atoms with E-state index in [4.69, 9.17) is 28.3 Å². The minimum absolute atomic E-state index is 0.102. The lowest BCUT2D eigenvalue weighted by molar-refractivity contribution is -0.0607. The summed E-state index contributed by atoms with van der Waals surface area (Å²) in [7, 11) is -24.0. The van der Waals surface area contributed by atoms with Crippen LogP contribution in [-0.4, -0.2) is 129 Å². The summed E-state index contributed by atoms with van der Waals surface area (Å²) in [5.41, 5.74) is -1.88. The highest BCUT2D eigenvalue weighted by Crippen LogP contribution is 2.72. The first kappa shape index (κ1) is 39.7. The number of H-pyrrole nitrogens is 2. The van der Waals surface area contributed by atoms with Crippen LogP contribution in [0.15, 0.2) is 34.9 Å². The Labute approximate surface area is 290 Å². The lowest BCUT2D eigenvalue weighted by Gasteiger charge is -2.24. The Morgan fingerprint density at radius 1 is 0.642 bits per heavy atom. The summed E-state index contributed by atoms with van der Waals surface area (Å²) in [6.45, 7) is -2.33. The molecule has 0 aliphatic carbocycles. The molecule has 0 aromatic carbocycles. The van der Waals surface area contributed by atoms with Crippen LogP contribution in [0.25, 0.3) is 22.3 Å². The predicted molar refractivity (Wildman–Crippen MR) is 163 cm³/mol. The van der Waals surface area contributed by atoms with E-state index in [1.54, 1.807) is 0 Å². The van der Waals surface area contributed by atoms with Crippen molar-refractivity contribution in [2.45, 2.75) is 49.1 Å². The number of nitrogens with zero attached hydrogens (tertiary/aromatic N) is 6. The average Bonchev–Trinajstić information content (AvgIpc) is 3.80. The van der Waals surface area contributed by atoms with Crippen molar-refractivity contribution in [3.63, 3.8) is 0 Å². The van der Waals surface area contributed by atoms with Crippen molar-refractivity contribution in [1.82, 2.24) is 39.0 Å². The highest BCUT2D eigenvalue weighted by Gasteiger charge is 2.51. The standard InChI is InChI=1S/C20H26N8O21P4/c29-11-7(45-19(13(11)31)27-5-25-9-15(27)21-3-23-17(9)33)1-43-53(42,49-52(40,41)48-51(38,39)47-50(35,36)37)44-2-8-12(30)14(32)20(46-8)28-6-26-10-16(28)22-4-24-18(10)34/h3-8,11-14,19-20,29-32H,1-2H2,(H,38,39)(H,40,41)(H,21,23,33)(H,22,24,34)(H2,35,36,37)/t7-,8-,11?,12?,13?,14?,19-,20-,53?/m1/s1. The van der Waals surface area contributed by atoms with E-state index in [0.717, 1.165) is 34.4 Å². The largest absolute Gasteiger partial charge is 0.490 e. The van der Waals surface area contributed by atoms with E-state index in [9.17, 15) is 58.1 Å². The molecule has 0 amide bonds. The van der Waals surface area contributed by atoms with Crippen LogP contribution in [0.3, 0.4) is 0 Å². The van der Waals surface area contributed by atoms with E-state index in [-0.39, 0.29) is 22.3 Å². The van der Waals surface area contributed by atoms with Gasteiger partial charge in [-0.2, -0.15) is 12.9 Å². The van der Waals surface area contributed by atoms with Crippen LogP contribution < -0.4 is 11.1 Å². The summed E-state index contributed by atoms with van der Waals surface area (Å²) in [6, 6.07) is 0. The minimum atomic E-state index is -6.27. The Bertz CT molecular complexity index is 2190. The van der Waals surface area contributed by atoms with Crippen LogP contribution in [0.1, 0.15) is 12.5 Å². The third-order valence-corrected chi connectivity index (χ3v) is 13.2. The normalized spacial score (nSPS) is 30.0. The third-order valence-electron chi connectivity index (χ3n) is 7.37. The Hall–Kier alpha value is -2.98. The fourth-order valence-corrected chi connectivity index (χ4v) is 10.1. The van der Waals surface area contributed by atoms with E-state index in [2.05, 4.69) is 42.8 Å². The number of phosphoric acid groups is 4. The van der Waals surface area contributed by atoms with Crippen LogP contribution in [0, 0.1) is 0 Å². The first-order chi connectivity index (χ1) is 24.7. The monoisotopic (exact) mass is 838 g/mol. The number of fused-ring (bicyclic) bond motifs is 2. The van der Waals surface area contributed by atoms with Crippen LogP contribution in [0.4, 0.5) is 0 Å². The number of imidazole rings is 2. The van der Waals surface area contributed by atoms with Gasteiger partial charge in [0.15, 0.2) is 34.8 Å². The number of nitrogens with one attached hydrogen (secondary N) is 2. The first-order valence-electron chi connectivity index (χ1n) is 14.3. The molecule has 29 nitrogen and oxygen atoms in total. The number of aromatic nitrogens is 8. The molecule has 10 N–H and O–H groups in total. The second-order valence-corrected chi connectivity index (χ2v) is 17.1. The van der Waals surface area contributed by atoms with Crippen LogP contribution in [0.5, 0.6) is 0 Å². The van der Waals surface area contributed by atoms with Gasteiger partial charge in [-0.15, -0.1) is 0 Å². The third kappa shape index (κ3) is 8.48. The molecule has 6 unspecified atom stereocenters. The van der Waals surface area contributed by atoms with Crippen molar-refractivity contribution < 1.29 is 89.7 Å². The molecule has 4 aromatic rings. The molecule has 0 saturated carbocycles. The molecule has 0 bridgehead atoms. The molecule has 10 atom stereocenters. The lowest BCUT2D eigenvalue weighted by Crippen LogP contribution is -2.34. The number of rotatable bonds is 14. The highest BCUT2D eigenvalue weighted by atomic mass is 31.3. The van der Waals surface area contributed by atoms with Gasteiger partial charge in [-0.25, -0.2) is 38.2 Å². The smallest absolute Gasteiger partial charge is 0.387 e. The summed E-state index contributed by atoms with van der Waals surface area (Å²) >= 11 is 0. The molecule has 0 spiro atoms. The maximum atomic E-state index is 13.8. The van der Waals surface area contributed by atoms with Gasteiger partial charge >= 0.3 is 31.3 Å². The summed E-state index contributed by atoms with van der Waals surface area (Å²) in [5, 5.41) is 42.7. The van der Waals surface area contributed by atoms with E-state index >= 15 is 0 Å². The Kier molecular flexibility index (Phi) is 10.9. The quantitative estimate of drug-likeness (QED) is 0.0565. The maximum absolute atomic E-state index is 13.8. The van der Waals surface area contributed by atoms with Gasteiger partial charge in [-0.3, -0.25) is 27.8 Å². The van der Waals surface area contributed by atoms with Gasteiger partial charge in [0.1, 0.15) is 36.6 Å². The summed E-state index contributed by atoms with van der Waals surface area (Å²) in [6.07, 6.45) is -9.80. The summed E-state index contributed by atoms with van der Waals surface area (Å²) in [4.78, 5) is 81.5. The fourth-order valence-electron chi connectivity index (χ4n) is 5.13. The SMILES string of the molecule is O=c1[nH]cnc2c1ncn2[C@@H]1O[C@H](COP(=O)(OC[C@H]2O[C@@H](n3cnc4c(=O)[nH]cnc43)C(O)C2O)OP(=O)(O)OP(=O)(O)OP(=O)(O)O)C(O)C1O. The second-order valence-electron chi connectivity index (χ2n) is 10.9. The molecule has 2 fully saturated rings. The molecule has 292 valence electrons. The Morgan fingerprint density at radius 3 is 1.47 bits per heavy atom. The van der Waals surface area contributed by atoms with Crippen LogP contribution in [-0.2, 0) is 49.7 Å². The number of hydrogen-bond acceptors (Lipinski definition) is 21. The van der Waals surface area contributed by atoms with Gasteiger partial charge in [0.05, 0.1) is 38.5 Å². The van der Waals surface area contributed by atoms with Crippen molar-refractivity contribution in [3.05, 3.63) is 46.0 Å². The number of aromatic amines is 2. The Balaban J connectivity index is 1.21. The zero-order valence-electron chi connectivity index (χ0n) is 25.7. The molecule has 33 heteroatoms. The van der Waals surface area contributed by atoms with Crippen molar-refractivity contribution in [3.8, 4) is 0 Å². The molecule has 6 heterocycles. The van der Waals surface area contributed by atoms with Gasteiger partial charge in [0, 0.05) is 0 Å². The molecule has 2 aliphatic heterocycles. The molecule has 53 heavy (non-hydrogen) atoms. The molecule has 6 rings (SSSR count). The fraction of sp³-hybridized carbons (Fsp3) is 0.500. The van der Waals surface area contributed by atoms with Crippen molar-refractivity contribution in [2.24, 2.45) is 0 Å². The topological polar surface area (TPSA) is 422 Å². The number of ether oxygens (including phenoxy) is 2. The number of phosphoric ester groups is 1. The van der Waals surface area contributed by atoms with E-state index in [0.29, 0.717) is 0 Å². The molecule has 2 aliphatic rings. The van der Waals surface area contributed by atoms with Crippen molar-refractivity contribution >= 4 is 53.6 Å². The molecular weight excluding hydrogens is 812 g/mol. The van der Waals surface area contributed by atoms with E-state index in [1.807, 2.05) is 0 Å².